The van der Waals surface area contributed by atoms with Crippen LogP contribution in [0.5, 0.6) is 0 Å². The number of hydrogen-bond donors (Lipinski definition) is 1. The highest BCUT2D eigenvalue weighted by atomic mass is 35.5. The van der Waals surface area contributed by atoms with E-state index in [4.69, 9.17) is 11.6 Å². The molecule has 0 amide bonds. The molecular weight excluding hydrogens is 293 g/mol. The molecule has 102 valence electrons. The van der Waals surface area contributed by atoms with E-state index in [1.54, 1.807) is 14.0 Å². The molecular formula is C11H11ClFN3O2S. The molecule has 1 aromatic carbocycles. The lowest BCUT2D eigenvalue weighted by molar-refractivity contribution is 0.600. The third kappa shape index (κ3) is 2.87. The second-order valence-electron chi connectivity index (χ2n) is 3.99. The second kappa shape index (κ2) is 4.82. The van der Waals surface area contributed by atoms with Gasteiger partial charge in [-0.1, -0.05) is 11.6 Å². The Bertz CT molecular complexity index is 728. The van der Waals surface area contributed by atoms with E-state index >= 15 is 0 Å². The standard InChI is InChI=1S/C11H11ClFN3O2S/c1-7-11(6-16(2)14-7)19(17,18)15-8-3-4-10(13)9(12)5-8/h3-6,15H,1-2H3. The van der Waals surface area contributed by atoms with Gasteiger partial charge in [0.1, 0.15) is 10.7 Å². The van der Waals surface area contributed by atoms with Crippen LogP contribution in [-0.2, 0) is 17.1 Å². The van der Waals surface area contributed by atoms with Crippen molar-refractivity contribution in [1.29, 1.82) is 0 Å². The molecule has 0 unspecified atom stereocenters. The van der Waals surface area contributed by atoms with Crippen LogP contribution in [0, 0.1) is 12.7 Å². The van der Waals surface area contributed by atoms with Gasteiger partial charge >= 0.3 is 0 Å². The molecule has 0 aliphatic carbocycles. The van der Waals surface area contributed by atoms with Gasteiger partial charge in [-0.2, -0.15) is 5.10 Å². The van der Waals surface area contributed by atoms with Gasteiger partial charge in [-0.15, -0.1) is 0 Å². The summed E-state index contributed by atoms with van der Waals surface area (Å²) in [6.07, 6.45) is 1.39. The van der Waals surface area contributed by atoms with Crippen molar-refractivity contribution in [2.24, 2.45) is 7.05 Å². The topological polar surface area (TPSA) is 64.0 Å². The zero-order valence-corrected chi connectivity index (χ0v) is 11.8. The number of nitrogens with one attached hydrogen (secondary N) is 1. The first-order valence-electron chi connectivity index (χ1n) is 5.28. The summed E-state index contributed by atoms with van der Waals surface area (Å²) < 4.78 is 41.0. The number of aromatic nitrogens is 2. The van der Waals surface area contributed by atoms with Gasteiger partial charge in [-0.3, -0.25) is 9.40 Å². The summed E-state index contributed by atoms with van der Waals surface area (Å²) in [7, 11) is -2.14. The smallest absolute Gasteiger partial charge is 0.265 e. The summed E-state index contributed by atoms with van der Waals surface area (Å²) in [5.41, 5.74) is 0.567. The number of hydrogen-bond acceptors (Lipinski definition) is 3. The Hall–Kier alpha value is -1.60. The molecule has 1 heterocycles. The molecule has 5 nitrogen and oxygen atoms in total. The van der Waals surface area contributed by atoms with Crippen molar-refractivity contribution in [2.45, 2.75) is 11.8 Å². The summed E-state index contributed by atoms with van der Waals surface area (Å²) in [4.78, 5) is 0.0652. The maximum Gasteiger partial charge on any atom is 0.265 e. The van der Waals surface area contributed by atoms with Crippen LogP contribution < -0.4 is 4.72 Å². The van der Waals surface area contributed by atoms with E-state index < -0.39 is 15.8 Å². The SMILES string of the molecule is Cc1nn(C)cc1S(=O)(=O)Nc1ccc(F)c(Cl)c1. The predicted octanol–water partition coefficient (Wildman–Crippen LogP) is 2.32. The number of rotatable bonds is 3. The van der Waals surface area contributed by atoms with Crippen molar-refractivity contribution in [3.05, 3.63) is 40.9 Å². The fraction of sp³-hybridized carbons (Fsp3) is 0.182. The number of anilines is 1. The highest BCUT2D eigenvalue weighted by molar-refractivity contribution is 7.92. The van der Waals surface area contributed by atoms with Crippen LogP contribution in [0.25, 0.3) is 0 Å². The molecule has 0 fully saturated rings. The summed E-state index contributed by atoms with van der Waals surface area (Å²) >= 11 is 5.60. The molecule has 2 aromatic rings. The van der Waals surface area contributed by atoms with Crippen molar-refractivity contribution in [3.63, 3.8) is 0 Å². The quantitative estimate of drug-likeness (QED) is 0.946. The largest absolute Gasteiger partial charge is 0.279 e. The van der Waals surface area contributed by atoms with Crippen LogP contribution in [0.2, 0.25) is 5.02 Å². The van der Waals surface area contributed by atoms with Crippen molar-refractivity contribution < 1.29 is 12.8 Å². The average Bonchev–Trinajstić information content (AvgIpc) is 2.63. The van der Waals surface area contributed by atoms with E-state index in [0.29, 0.717) is 5.69 Å². The Morgan fingerprint density at radius 2 is 2.11 bits per heavy atom. The predicted molar refractivity (Wildman–Crippen MR) is 70.2 cm³/mol. The lowest BCUT2D eigenvalue weighted by atomic mass is 10.3. The van der Waals surface area contributed by atoms with Crippen molar-refractivity contribution in [3.8, 4) is 0 Å². The van der Waals surface area contributed by atoms with Gasteiger partial charge in [0.2, 0.25) is 0 Å². The maximum atomic E-state index is 13.0. The number of benzene rings is 1. The van der Waals surface area contributed by atoms with Gasteiger partial charge in [0, 0.05) is 13.2 Å². The van der Waals surface area contributed by atoms with E-state index in [1.807, 2.05) is 0 Å². The Balaban J connectivity index is 2.36. The van der Waals surface area contributed by atoms with E-state index in [-0.39, 0.29) is 15.6 Å². The molecule has 1 N–H and O–H groups in total. The van der Waals surface area contributed by atoms with Crippen molar-refractivity contribution in [1.82, 2.24) is 9.78 Å². The van der Waals surface area contributed by atoms with Crippen LogP contribution in [-0.4, -0.2) is 18.2 Å². The maximum absolute atomic E-state index is 13.0. The monoisotopic (exact) mass is 303 g/mol. The van der Waals surface area contributed by atoms with Crippen LogP contribution in [0.1, 0.15) is 5.69 Å². The van der Waals surface area contributed by atoms with Crippen LogP contribution in [0.15, 0.2) is 29.3 Å². The lowest BCUT2D eigenvalue weighted by Crippen LogP contribution is -2.13. The van der Waals surface area contributed by atoms with E-state index in [9.17, 15) is 12.8 Å². The minimum atomic E-state index is -3.77. The van der Waals surface area contributed by atoms with E-state index in [0.717, 1.165) is 6.07 Å². The van der Waals surface area contributed by atoms with Crippen LogP contribution in [0.3, 0.4) is 0 Å². The van der Waals surface area contributed by atoms with Gasteiger partial charge in [0.25, 0.3) is 10.0 Å². The minimum absolute atomic E-state index is 0.0652. The molecule has 0 saturated heterocycles. The molecule has 2 rings (SSSR count). The first-order chi connectivity index (χ1) is 8.79. The molecule has 8 heteroatoms. The van der Waals surface area contributed by atoms with Crippen LogP contribution >= 0.6 is 11.6 Å². The molecule has 0 saturated carbocycles. The van der Waals surface area contributed by atoms with E-state index in [1.165, 1.54) is 23.0 Å². The summed E-state index contributed by atoms with van der Waals surface area (Å²) in [5, 5.41) is 3.81. The molecule has 0 atom stereocenters. The van der Waals surface area contributed by atoms with Crippen LogP contribution in [0.4, 0.5) is 10.1 Å². The second-order valence-corrected chi connectivity index (χ2v) is 6.04. The number of sulfonamides is 1. The molecule has 0 radical (unpaired) electrons. The Morgan fingerprint density at radius 3 is 2.63 bits per heavy atom. The highest BCUT2D eigenvalue weighted by Crippen LogP contribution is 2.22. The number of aryl methyl sites for hydroxylation is 2. The third-order valence-electron chi connectivity index (χ3n) is 2.43. The molecule has 0 aliphatic rings. The van der Waals surface area contributed by atoms with Gasteiger partial charge < -0.3 is 0 Å². The third-order valence-corrected chi connectivity index (χ3v) is 4.20. The molecule has 1 aromatic heterocycles. The first kappa shape index (κ1) is 13.8. The van der Waals surface area contributed by atoms with Gasteiger partial charge in [-0.25, -0.2) is 12.8 Å². The molecule has 0 spiro atoms. The molecule has 0 bridgehead atoms. The fourth-order valence-electron chi connectivity index (χ4n) is 1.61. The zero-order chi connectivity index (χ0) is 14.2. The summed E-state index contributed by atoms with van der Waals surface area (Å²) in [6, 6.07) is 3.60. The normalized spacial score (nSPS) is 11.6. The summed E-state index contributed by atoms with van der Waals surface area (Å²) in [6.45, 7) is 1.59. The number of halogens is 2. The Kier molecular flexibility index (Phi) is 3.51. The highest BCUT2D eigenvalue weighted by Gasteiger charge is 2.20. The summed E-state index contributed by atoms with van der Waals surface area (Å²) in [5.74, 6) is -0.609. The van der Waals surface area contributed by atoms with Gasteiger partial charge in [0.05, 0.1) is 16.4 Å². The average molecular weight is 304 g/mol. The number of nitrogens with zero attached hydrogens (tertiary/aromatic N) is 2. The minimum Gasteiger partial charge on any atom is -0.279 e. The fourth-order valence-corrected chi connectivity index (χ4v) is 3.06. The van der Waals surface area contributed by atoms with Crippen molar-refractivity contribution >= 4 is 27.3 Å². The molecule has 0 aliphatic heterocycles. The van der Waals surface area contributed by atoms with E-state index in [2.05, 4.69) is 9.82 Å². The Labute approximate surface area is 115 Å². The van der Waals surface area contributed by atoms with Crippen molar-refractivity contribution in [2.75, 3.05) is 4.72 Å². The zero-order valence-electron chi connectivity index (χ0n) is 10.2. The van der Waals surface area contributed by atoms with Gasteiger partial charge in [0.15, 0.2) is 0 Å². The lowest BCUT2D eigenvalue weighted by Gasteiger charge is -2.07. The molecule has 19 heavy (non-hydrogen) atoms. The van der Waals surface area contributed by atoms with Gasteiger partial charge in [-0.05, 0) is 25.1 Å². The Morgan fingerprint density at radius 1 is 1.42 bits per heavy atom. The first-order valence-corrected chi connectivity index (χ1v) is 7.14.